The van der Waals surface area contributed by atoms with E-state index < -0.39 is 23.2 Å². The van der Waals surface area contributed by atoms with Gasteiger partial charge in [0.15, 0.2) is 0 Å². The minimum absolute atomic E-state index is 0.131. The van der Waals surface area contributed by atoms with Gasteiger partial charge in [-0.3, -0.25) is 4.79 Å². The summed E-state index contributed by atoms with van der Waals surface area (Å²) in [5.74, 6) is -1.08. The van der Waals surface area contributed by atoms with Crippen molar-refractivity contribution in [3.8, 4) is 5.75 Å². The van der Waals surface area contributed by atoms with Crippen molar-refractivity contribution < 1.29 is 27.8 Å². The summed E-state index contributed by atoms with van der Waals surface area (Å²) in [6, 6.07) is 14.0. The van der Waals surface area contributed by atoms with Gasteiger partial charge in [-0.05, 0) is 48.7 Å². The molecular weight excluding hydrogens is 456 g/mol. The molecule has 0 radical (unpaired) electrons. The molecule has 35 heavy (non-hydrogen) atoms. The number of aromatic nitrogens is 1. The number of hydrogen-bond donors (Lipinski definition) is 1. The number of anilines is 1. The summed E-state index contributed by atoms with van der Waals surface area (Å²) in [7, 11) is 1.32. The molecule has 2 aliphatic rings. The van der Waals surface area contributed by atoms with Gasteiger partial charge in [-0.2, -0.15) is 0 Å². The number of esters is 1. The lowest BCUT2D eigenvalue weighted by molar-refractivity contribution is 0.0600. The van der Waals surface area contributed by atoms with E-state index in [1.807, 2.05) is 4.90 Å². The minimum Gasteiger partial charge on any atom is -0.487 e. The number of amides is 1. The van der Waals surface area contributed by atoms with Gasteiger partial charge in [0, 0.05) is 6.07 Å². The van der Waals surface area contributed by atoms with Gasteiger partial charge in [0.2, 0.25) is 0 Å². The molecule has 0 unspecified atom stereocenters. The summed E-state index contributed by atoms with van der Waals surface area (Å²) in [6.07, 6.45) is 2.32. The molecule has 1 saturated carbocycles. The Hall–Kier alpha value is -4.01. The van der Waals surface area contributed by atoms with Crippen molar-refractivity contribution in [1.29, 1.82) is 0 Å². The van der Waals surface area contributed by atoms with Gasteiger partial charge >= 0.3 is 5.97 Å². The Morgan fingerprint density at radius 2 is 1.80 bits per heavy atom. The van der Waals surface area contributed by atoms with Gasteiger partial charge in [0.25, 0.3) is 5.91 Å². The number of benzene rings is 2. The highest BCUT2D eigenvalue weighted by Gasteiger charge is 2.46. The summed E-state index contributed by atoms with van der Waals surface area (Å²) >= 11 is 0. The van der Waals surface area contributed by atoms with Crippen LogP contribution < -0.4 is 15.0 Å². The van der Waals surface area contributed by atoms with Gasteiger partial charge in [0.05, 0.1) is 43.1 Å². The van der Waals surface area contributed by atoms with Gasteiger partial charge in [-0.15, -0.1) is 0 Å². The molecule has 1 aliphatic carbocycles. The maximum atomic E-state index is 14.1. The fourth-order valence-electron chi connectivity index (χ4n) is 4.21. The Balaban J connectivity index is 1.29. The van der Waals surface area contributed by atoms with Crippen LogP contribution in [0.25, 0.3) is 0 Å². The quantitative estimate of drug-likeness (QED) is 0.519. The highest BCUT2D eigenvalue weighted by molar-refractivity contribution is 5.99. The number of carbonyl (C=O) groups excluding carboxylic acids is 2. The van der Waals surface area contributed by atoms with Crippen LogP contribution in [-0.4, -0.2) is 43.2 Å². The number of hydrogen-bond acceptors (Lipinski definition) is 6. The Morgan fingerprint density at radius 3 is 2.46 bits per heavy atom. The van der Waals surface area contributed by atoms with Crippen molar-refractivity contribution in [2.75, 3.05) is 25.1 Å². The average Bonchev–Trinajstić information content (AvgIpc) is 3.61. The topological polar surface area (TPSA) is 80.8 Å². The molecule has 2 fully saturated rings. The number of carbonyl (C=O) groups is 2. The normalized spacial score (nSPS) is 16.3. The van der Waals surface area contributed by atoms with E-state index in [0.717, 1.165) is 24.6 Å². The maximum Gasteiger partial charge on any atom is 0.337 e. The van der Waals surface area contributed by atoms with E-state index in [2.05, 4.69) is 10.3 Å². The van der Waals surface area contributed by atoms with Gasteiger partial charge in [0.1, 0.15) is 29.3 Å². The van der Waals surface area contributed by atoms with Crippen LogP contribution in [0.1, 0.15) is 39.1 Å². The fraction of sp³-hybridized carbons (Fsp3) is 0.269. The van der Waals surface area contributed by atoms with E-state index in [1.54, 1.807) is 36.4 Å². The van der Waals surface area contributed by atoms with E-state index in [4.69, 9.17) is 9.47 Å². The lowest BCUT2D eigenvalue weighted by Crippen LogP contribution is -2.55. The number of pyridine rings is 1. The third kappa shape index (κ3) is 4.66. The molecule has 180 valence electrons. The van der Waals surface area contributed by atoms with E-state index in [9.17, 15) is 18.4 Å². The van der Waals surface area contributed by atoms with Crippen LogP contribution in [0, 0.1) is 11.6 Å². The van der Waals surface area contributed by atoms with Crippen LogP contribution in [0.3, 0.4) is 0 Å². The predicted molar refractivity (Wildman–Crippen MR) is 123 cm³/mol. The van der Waals surface area contributed by atoms with Gasteiger partial charge in [-0.25, -0.2) is 18.6 Å². The van der Waals surface area contributed by atoms with E-state index in [1.165, 1.54) is 25.3 Å². The zero-order valence-corrected chi connectivity index (χ0v) is 19.0. The summed E-state index contributed by atoms with van der Waals surface area (Å²) in [5, 5.41) is 3.03. The third-order valence-electron chi connectivity index (χ3n) is 6.29. The summed E-state index contributed by atoms with van der Waals surface area (Å²) in [6.45, 7) is 0.852. The Kier molecular flexibility index (Phi) is 5.84. The first kappa shape index (κ1) is 22.8. The van der Waals surface area contributed by atoms with Crippen molar-refractivity contribution in [2.45, 2.75) is 24.5 Å². The van der Waals surface area contributed by atoms with Crippen LogP contribution in [0.15, 0.2) is 60.8 Å². The second-order valence-corrected chi connectivity index (χ2v) is 8.73. The first-order chi connectivity index (χ1) is 16.9. The summed E-state index contributed by atoms with van der Waals surface area (Å²) in [5.41, 5.74) is 0.833. The molecule has 7 nitrogen and oxygen atoms in total. The second-order valence-electron chi connectivity index (χ2n) is 8.73. The first-order valence-electron chi connectivity index (χ1n) is 11.2. The van der Waals surface area contributed by atoms with Crippen molar-refractivity contribution in [3.63, 3.8) is 0 Å². The van der Waals surface area contributed by atoms with Crippen LogP contribution >= 0.6 is 0 Å². The zero-order valence-electron chi connectivity index (χ0n) is 19.0. The van der Waals surface area contributed by atoms with Crippen LogP contribution in [0.2, 0.25) is 0 Å². The van der Waals surface area contributed by atoms with Crippen LogP contribution in [-0.2, 0) is 10.3 Å². The van der Waals surface area contributed by atoms with Crippen LogP contribution in [0.4, 0.5) is 14.6 Å². The standard InChI is InChI=1S/C26H23F2N3O4/c1-34-25(33)16-5-7-17(8-6-16)26(9-10-26)30-24(32)22-12-19(28)13-29-23(22)31-14-21(15-31)35-20-4-2-3-18(27)11-20/h2-8,11-13,21H,9-10,14-15H2,1H3,(H,30,32). The lowest BCUT2D eigenvalue weighted by atomic mass is 10.0. The van der Waals surface area contributed by atoms with E-state index in [0.29, 0.717) is 30.2 Å². The summed E-state index contributed by atoms with van der Waals surface area (Å²) < 4.78 is 37.9. The number of nitrogens with one attached hydrogen (secondary N) is 1. The Morgan fingerprint density at radius 1 is 1.06 bits per heavy atom. The van der Waals surface area contributed by atoms with Crippen LogP contribution in [0.5, 0.6) is 5.75 Å². The minimum atomic E-state index is -0.612. The molecule has 0 spiro atoms. The highest BCUT2D eigenvalue weighted by atomic mass is 19.1. The molecule has 0 atom stereocenters. The first-order valence-corrected chi connectivity index (χ1v) is 11.2. The number of rotatable bonds is 7. The van der Waals surface area contributed by atoms with Gasteiger partial charge in [-0.1, -0.05) is 18.2 Å². The fourth-order valence-corrected chi connectivity index (χ4v) is 4.21. The average molecular weight is 479 g/mol. The molecule has 5 rings (SSSR count). The number of nitrogens with zero attached hydrogens (tertiary/aromatic N) is 2. The van der Waals surface area contributed by atoms with Crippen molar-refractivity contribution in [3.05, 3.63) is 89.1 Å². The molecule has 2 heterocycles. The molecule has 1 N–H and O–H groups in total. The zero-order chi connectivity index (χ0) is 24.6. The van der Waals surface area contributed by atoms with Crippen molar-refractivity contribution in [1.82, 2.24) is 10.3 Å². The molecule has 1 saturated heterocycles. The molecule has 0 bridgehead atoms. The van der Waals surface area contributed by atoms with Gasteiger partial charge < -0.3 is 19.7 Å². The third-order valence-corrected chi connectivity index (χ3v) is 6.29. The SMILES string of the molecule is COC(=O)c1ccc(C2(NC(=O)c3cc(F)cnc3N3CC(Oc4cccc(F)c4)C3)CC2)cc1. The molecule has 3 aromatic rings. The van der Waals surface area contributed by atoms with E-state index >= 15 is 0 Å². The second kappa shape index (κ2) is 8.98. The highest BCUT2D eigenvalue weighted by Crippen LogP contribution is 2.46. The largest absolute Gasteiger partial charge is 0.487 e. The smallest absolute Gasteiger partial charge is 0.337 e. The molecule has 1 aromatic heterocycles. The molecule has 1 amide bonds. The molecular formula is C26H23F2N3O4. The predicted octanol–water partition coefficient (Wildman–Crippen LogP) is 3.83. The Bertz CT molecular complexity index is 1270. The number of halogens is 2. The molecule has 2 aromatic carbocycles. The lowest BCUT2D eigenvalue weighted by Gasteiger charge is -2.40. The molecule has 1 aliphatic heterocycles. The monoisotopic (exact) mass is 479 g/mol. The maximum absolute atomic E-state index is 14.1. The van der Waals surface area contributed by atoms with Crippen molar-refractivity contribution in [2.24, 2.45) is 0 Å². The van der Waals surface area contributed by atoms with E-state index in [-0.39, 0.29) is 17.5 Å². The van der Waals surface area contributed by atoms with Crippen molar-refractivity contribution >= 4 is 17.7 Å². The number of ether oxygens (including phenoxy) is 2. The Labute approximate surface area is 200 Å². The summed E-state index contributed by atoms with van der Waals surface area (Å²) in [4.78, 5) is 30.9. The molecule has 9 heteroatoms. The number of methoxy groups -OCH3 is 1.